The van der Waals surface area contributed by atoms with Crippen LogP contribution in [0.2, 0.25) is 0 Å². The van der Waals surface area contributed by atoms with Gasteiger partial charge in [0.2, 0.25) is 0 Å². The molecule has 2 fully saturated rings. The maximum atomic E-state index is 12.5. The van der Waals surface area contributed by atoms with Crippen molar-refractivity contribution < 1.29 is 19.4 Å². The van der Waals surface area contributed by atoms with Crippen molar-refractivity contribution in [2.45, 2.75) is 57.1 Å². The van der Waals surface area contributed by atoms with Crippen LogP contribution in [-0.4, -0.2) is 34.1 Å². The predicted molar refractivity (Wildman–Crippen MR) is 85.5 cm³/mol. The van der Waals surface area contributed by atoms with Gasteiger partial charge in [-0.15, -0.1) is 11.3 Å². The third-order valence-electron chi connectivity index (χ3n) is 4.86. The molecule has 1 amide bonds. The first-order valence-corrected chi connectivity index (χ1v) is 8.94. The van der Waals surface area contributed by atoms with E-state index in [-0.39, 0.29) is 12.0 Å². The van der Waals surface area contributed by atoms with E-state index in [0.717, 1.165) is 37.3 Å². The molecule has 0 spiro atoms. The highest BCUT2D eigenvalue weighted by molar-refractivity contribution is 7.13. The fraction of sp³-hybridized carbons (Fsp3) is 0.688. The van der Waals surface area contributed by atoms with Gasteiger partial charge in [-0.1, -0.05) is 12.8 Å². The zero-order chi connectivity index (χ0) is 16.4. The fourth-order valence-electron chi connectivity index (χ4n) is 3.51. The summed E-state index contributed by atoms with van der Waals surface area (Å²) in [6, 6.07) is 0. The van der Waals surface area contributed by atoms with E-state index in [1.54, 1.807) is 6.20 Å². The molecule has 1 aliphatic carbocycles. The van der Waals surface area contributed by atoms with Gasteiger partial charge in [0.25, 0.3) is 5.91 Å². The topological polar surface area (TPSA) is 88.5 Å². The smallest absolute Gasteiger partial charge is 0.308 e. The lowest BCUT2D eigenvalue weighted by Gasteiger charge is -2.39. The van der Waals surface area contributed by atoms with Crippen LogP contribution in [0.3, 0.4) is 0 Å². The van der Waals surface area contributed by atoms with E-state index in [2.05, 4.69) is 10.3 Å². The monoisotopic (exact) mass is 338 g/mol. The summed E-state index contributed by atoms with van der Waals surface area (Å²) in [6.07, 6.45) is 6.65. The van der Waals surface area contributed by atoms with Crippen molar-refractivity contribution in [3.63, 3.8) is 0 Å². The van der Waals surface area contributed by atoms with Gasteiger partial charge in [-0.2, -0.15) is 0 Å². The number of carbonyl (C=O) groups is 2. The average molecular weight is 338 g/mol. The Morgan fingerprint density at radius 3 is 2.91 bits per heavy atom. The number of carboxylic acid groups (broad SMARTS) is 1. The van der Waals surface area contributed by atoms with Crippen LogP contribution < -0.4 is 5.32 Å². The molecular formula is C16H22N2O4S. The minimum Gasteiger partial charge on any atom is -0.481 e. The van der Waals surface area contributed by atoms with E-state index in [1.165, 1.54) is 11.3 Å². The molecule has 2 heterocycles. The molecule has 126 valence electrons. The SMILES string of the molecule is CC1(NC(=O)c2cnc(C3CCCO3)s2)CCCCC1C(=O)O. The van der Waals surface area contributed by atoms with Crippen molar-refractivity contribution >= 4 is 23.2 Å². The second-order valence-electron chi connectivity index (χ2n) is 6.57. The summed E-state index contributed by atoms with van der Waals surface area (Å²) in [5, 5.41) is 13.2. The molecule has 1 saturated heterocycles. The van der Waals surface area contributed by atoms with Crippen molar-refractivity contribution in [2.75, 3.05) is 6.61 Å². The Kier molecular flexibility index (Phi) is 4.68. The van der Waals surface area contributed by atoms with Crippen LogP contribution in [0.15, 0.2) is 6.20 Å². The molecular weight excluding hydrogens is 316 g/mol. The van der Waals surface area contributed by atoms with Gasteiger partial charge in [0, 0.05) is 6.61 Å². The maximum absolute atomic E-state index is 12.5. The lowest BCUT2D eigenvalue weighted by atomic mass is 9.74. The van der Waals surface area contributed by atoms with Crippen LogP contribution in [0.4, 0.5) is 0 Å². The Bertz CT molecular complexity index is 597. The van der Waals surface area contributed by atoms with Gasteiger partial charge in [-0.25, -0.2) is 4.98 Å². The summed E-state index contributed by atoms with van der Waals surface area (Å²) >= 11 is 1.34. The normalized spacial score (nSPS) is 31.0. The summed E-state index contributed by atoms with van der Waals surface area (Å²) in [7, 11) is 0. The molecule has 23 heavy (non-hydrogen) atoms. The summed E-state index contributed by atoms with van der Waals surface area (Å²) in [4.78, 5) is 28.9. The van der Waals surface area contributed by atoms with Crippen LogP contribution in [0.1, 0.15) is 66.2 Å². The summed E-state index contributed by atoms with van der Waals surface area (Å²) in [6.45, 7) is 2.58. The van der Waals surface area contributed by atoms with Crippen LogP contribution in [0.25, 0.3) is 0 Å². The minimum absolute atomic E-state index is 0.00131. The second kappa shape index (κ2) is 6.57. The van der Waals surface area contributed by atoms with Crippen molar-refractivity contribution in [3.05, 3.63) is 16.1 Å². The number of nitrogens with zero attached hydrogens (tertiary/aromatic N) is 1. The minimum atomic E-state index is -0.836. The largest absolute Gasteiger partial charge is 0.481 e. The molecule has 1 aliphatic heterocycles. The second-order valence-corrected chi connectivity index (χ2v) is 7.63. The Hall–Kier alpha value is -1.47. The summed E-state index contributed by atoms with van der Waals surface area (Å²) < 4.78 is 5.59. The summed E-state index contributed by atoms with van der Waals surface area (Å²) in [5.41, 5.74) is -0.699. The van der Waals surface area contributed by atoms with Gasteiger partial charge in [0.1, 0.15) is 16.0 Å². The Labute approximate surface area is 139 Å². The number of hydrogen-bond donors (Lipinski definition) is 2. The standard InChI is InChI=1S/C16H22N2O4S/c1-16(7-3-2-5-10(16)15(20)21)18-13(19)12-9-17-14(23-12)11-6-4-8-22-11/h9-11H,2-8H2,1H3,(H,18,19)(H,20,21). The van der Waals surface area contributed by atoms with Gasteiger partial charge < -0.3 is 15.2 Å². The first-order valence-electron chi connectivity index (χ1n) is 8.12. The highest BCUT2D eigenvalue weighted by atomic mass is 32.1. The molecule has 3 rings (SSSR count). The Morgan fingerprint density at radius 1 is 1.39 bits per heavy atom. The van der Waals surface area contributed by atoms with E-state index in [1.807, 2.05) is 6.92 Å². The van der Waals surface area contributed by atoms with Crippen molar-refractivity contribution in [1.29, 1.82) is 0 Å². The number of nitrogens with one attached hydrogen (secondary N) is 1. The van der Waals surface area contributed by atoms with Crippen molar-refractivity contribution in [2.24, 2.45) is 5.92 Å². The van der Waals surface area contributed by atoms with Gasteiger partial charge in [0.15, 0.2) is 0 Å². The number of hydrogen-bond acceptors (Lipinski definition) is 5. The fourth-order valence-corrected chi connectivity index (χ4v) is 4.41. The molecule has 2 aliphatic rings. The van der Waals surface area contributed by atoms with E-state index in [9.17, 15) is 14.7 Å². The highest BCUT2D eigenvalue weighted by Crippen LogP contribution is 2.35. The number of carbonyl (C=O) groups excluding carboxylic acids is 1. The number of thiazole rings is 1. The molecule has 0 bridgehead atoms. The van der Waals surface area contributed by atoms with Crippen LogP contribution in [0, 0.1) is 5.92 Å². The quantitative estimate of drug-likeness (QED) is 0.881. The lowest BCUT2D eigenvalue weighted by Crippen LogP contribution is -2.55. The predicted octanol–water partition coefficient (Wildman–Crippen LogP) is 2.76. The Morgan fingerprint density at radius 2 is 2.22 bits per heavy atom. The third kappa shape index (κ3) is 3.40. The number of ether oxygens (including phenoxy) is 1. The maximum Gasteiger partial charge on any atom is 0.308 e. The molecule has 1 aromatic rings. The van der Waals surface area contributed by atoms with Gasteiger partial charge in [-0.05, 0) is 32.6 Å². The number of aromatic nitrogens is 1. The molecule has 3 unspecified atom stereocenters. The number of aliphatic carboxylic acids is 1. The van der Waals surface area contributed by atoms with Gasteiger partial charge >= 0.3 is 5.97 Å². The van der Waals surface area contributed by atoms with E-state index >= 15 is 0 Å². The molecule has 1 aromatic heterocycles. The van der Waals surface area contributed by atoms with Gasteiger partial charge in [0.05, 0.1) is 17.7 Å². The van der Waals surface area contributed by atoms with Crippen molar-refractivity contribution in [3.8, 4) is 0 Å². The van der Waals surface area contributed by atoms with Crippen LogP contribution in [0.5, 0.6) is 0 Å². The lowest BCUT2D eigenvalue weighted by molar-refractivity contribution is -0.145. The molecule has 7 heteroatoms. The Balaban J connectivity index is 1.71. The molecule has 0 aromatic carbocycles. The molecule has 0 radical (unpaired) electrons. The molecule has 3 atom stereocenters. The van der Waals surface area contributed by atoms with Crippen molar-refractivity contribution in [1.82, 2.24) is 10.3 Å². The van der Waals surface area contributed by atoms with E-state index < -0.39 is 17.4 Å². The van der Waals surface area contributed by atoms with Crippen LogP contribution in [-0.2, 0) is 9.53 Å². The zero-order valence-corrected chi connectivity index (χ0v) is 14.0. The average Bonchev–Trinajstić information content (AvgIpc) is 3.18. The number of carboxylic acids is 1. The zero-order valence-electron chi connectivity index (χ0n) is 13.2. The number of rotatable bonds is 4. The van der Waals surface area contributed by atoms with Crippen LogP contribution >= 0.6 is 11.3 Å². The molecule has 6 nitrogen and oxygen atoms in total. The highest BCUT2D eigenvalue weighted by Gasteiger charge is 2.42. The first-order chi connectivity index (χ1) is 11.0. The summed E-state index contributed by atoms with van der Waals surface area (Å²) in [5.74, 6) is -1.61. The first kappa shape index (κ1) is 16.4. The number of amides is 1. The molecule has 1 saturated carbocycles. The van der Waals surface area contributed by atoms with Gasteiger partial charge in [-0.3, -0.25) is 9.59 Å². The third-order valence-corrected chi connectivity index (χ3v) is 5.95. The van der Waals surface area contributed by atoms with E-state index in [0.29, 0.717) is 17.7 Å². The molecule has 2 N–H and O–H groups in total. The van der Waals surface area contributed by atoms with E-state index in [4.69, 9.17) is 4.74 Å².